The highest BCUT2D eigenvalue weighted by atomic mass is 32.2. The molecule has 0 spiro atoms. The quantitative estimate of drug-likeness (QED) is 0.165. The molecule has 12 nitrogen and oxygen atoms in total. The molecule has 154 valence electrons. The van der Waals surface area contributed by atoms with Gasteiger partial charge in [-0.2, -0.15) is 4.72 Å². The Morgan fingerprint density at radius 2 is 2.07 bits per heavy atom. The topological polar surface area (TPSA) is 199 Å². The van der Waals surface area contributed by atoms with Crippen LogP contribution >= 0.6 is 7.60 Å². The fraction of sp³-hybridized carbons (Fsp3) is 0.133. The van der Waals surface area contributed by atoms with Gasteiger partial charge in [-0.25, -0.2) is 13.4 Å². The van der Waals surface area contributed by atoms with Gasteiger partial charge in [0.05, 0.1) is 12.8 Å². The van der Waals surface area contributed by atoms with E-state index in [2.05, 4.69) is 9.72 Å². The molecule has 2 aliphatic rings. The number of hydrogen-bond acceptors (Lipinski definition) is 9. The van der Waals surface area contributed by atoms with Crippen molar-refractivity contribution >= 4 is 45.7 Å². The van der Waals surface area contributed by atoms with Crippen LogP contribution in [0.15, 0.2) is 38.4 Å². The second-order valence-corrected chi connectivity index (χ2v) is 9.02. The fourth-order valence-electron chi connectivity index (χ4n) is 2.55. The van der Waals surface area contributed by atoms with E-state index in [0.29, 0.717) is 0 Å². The van der Waals surface area contributed by atoms with Crippen LogP contribution in [0.25, 0.3) is 22.6 Å². The Kier molecular flexibility index (Phi) is 5.19. The zero-order valence-corrected chi connectivity index (χ0v) is 16.4. The number of nitrogen functional groups attached to an aromatic ring is 1. The molecule has 0 radical (unpaired) electrons. The third kappa shape index (κ3) is 3.86. The number of fused-ring (bicyclic) bond motifs is 2. The lowest BCUT2D eigenvalue weighted by Crippen LogP contribution is -2.30. The molecule has 0 amide bonds. The molecule has 0 bridgehead atoms. The highest BCUT2D eigenvalue weighted by Gasteiger charge is 2.32. The van der Waals surface area contributed by atoms with Gasteiger partial charge in [0.2, 0.25) is 15.5 Å². The summed E-state index contributed by atoms with van der Waals surface area (Å²) in [6.45, 7) is -0.653. The number of ether oxygens (including phenoxy) is 1. The summed E-state index contributed by atoms with van der Waals surface area (Å²) in [6.07, 6.45) is 0. The van der Waals surface area contributed by atoms with E-state index in [0.717, 1.165) is 19.2 Å². The van der Waals surface area contributed by atoms with Crippen LogP contribution in [-0.2, 0) is 24.1 Å². The number of esters is 1. The van der Waals surface area contributed by atoms with E-state index in [1.165, 1.54) is 12.1 Å². The van der Waals surface area contributed by atoms with E-state index in [1.807, 2.05) is 4.72 Å². The molecule has 0 saturated heterocycles. The summed E-state index contributed by atoms with van der Waals surface area (Å²) in [7, 11) is -8.27. The van der Waals surface area contributed by atoms with E-state index < -0.39 is 57.1 Å². The zero-order chi connectivity index (χ0) is 21.6. The zero-order valence-electron chi connectivity index (χ0n) is 14.6. The molecule has 14 heteroatoms. The van der Waals surface area contributed by atoms with Crippen LogP contribution in [0.2, 0.25) is 0 Å². The molecule has 3 rings (SSSR count). The number of nitrogens with zero attached hydrogens (tertiary/aromatic N) is 1. The number of sulfonamides is 1. The van der Waals surface area contributed by atoms with Crippen LogP contribution in [0.5, 0.6) is 0 Å². The van der Waals surface area contributed by atoms with Crippen molar-refractivity contribution in [3.63, 3.8) is 0 Å². The van der Waals surface area contributed by atoms with Crippen molar-refractivity contribution in [2.45, 2.75) is 4.90 Å². The molecule has 29 heavy (non-hydrogen) atoms. The number of carbonyl (C=O) groups excluding carboxylic acids is 1. The number of hydrogen-bond donors (Lipinski definition) is 4. The first-order valence-electron chi connectivity index (χ1n) is 7.74. The van der Waals surface area contributed by atoms with Crippen LogP contribution in [-0.4, -0.2) is 42.8 Å². The SMILES string of the molecule is COC(=O)CNS(=O)(=O)c1cccc2oc3cc(=O)c(N)c(P(=O)(O)O)c-3nc12. The fourth-order valence-corrected chi connectivity index (χ4v) is 4.53. The number of rotatable bonds is 5. The van der Waals surface area contributed by atoms with Crippen LogP contribution in [0, 0.1) is 0 Å². The largest absolute Gasteiger partial charge is 0.468 e. The van der Waals surface area contributed by atoms with Crippen molar-refractivity contribution < 1.29 is 36.7 Å². The second-order valence-electron chi connectivity index (χ2n) is 5.75. The molecule has 5 N–H and O–H groups in total. The summed E-state index contributed by atoms with van der Waals surface area (Å²) in [5.74, 6) is -1.12. The summed E-state index contributed by atoms with van der Waals surface area (Å²) in [4.78, 5) is 46.0. The van der Waals surface area contributed by atoms with Gasteiger partial charge in [-0.3, -0.25) is 14.2 Å². The lowest BCUT2D eigenvalue weighted by molar-refractivity contribution is -0.139. The molecular formula is C15H14N3O9PS. The molecular weight excluding hydrogens is 429 g/mol. The second kappa shape index (κ2) is 7.21. The average Bonchev–Trinajstić information content (AvgIpc) is 2.64. The van der Waals surface area contributed by atoms with Gasteiger partial charge in [-0.1, -0.05) is 6.07 Å². The number of nitrogens with one attached hydrogen (secondary N) is 1. The van der Waals surface area contributed by atoms with E-state index in [4.69, 9.17) is 10.2 Å². The van der Waals surface area contributed by atoms with Gasteiger partial charge >= 0.3 is 13.6 Å². The van der Waals surface area contributed by atoms with Gasteiger partial charge in [0, 0.05) is 6.07 Å². The summed E-state index contributed by atoms with van der Waals surface area (Å²) < 4.78 is 48.9. The Morgan fingerprint density at radius 3 is 2.69 bits per heavy atom. The highest BCUT2D eigenvalue weighted by Crippen LogP contribution is 2.40. The summed E-state index contributed by atoms with van der Waals surface area (Å²) in [5.41, 5.74) is 3.09. The predicted octanol–water partition coefficient (Wildman–Crippen LogP) is -0.871. The van der Waals surface area contributed by atoms with Crippen molar-refractivity contribution in [1.82, 2.24) is 9.71 Å². The first-order valence-corrected chi connectivity index (χ1v) is 10.8. The van der Waals surface area contributed by atoms with E-state index in [-0.39, 0.29) is 16.9 Å². The Bertz CT molecular complexity index is 1310. The third-order valence-corrected chi connectivity index (χ3v) is 6.33. The van der Waals surface area contributed by atoms with E-state index in [1.54, 1.807) is 0 Å². The Morgan fingerprint density at radius 1 is 1.38 bits per heavy atom. The molecule has 1 aliphatic heterocycles. The maximum Gasteiger partial charge on any atom is 0.360 e. The van der Waals surface area contributed by atoms with Crippen LogP contribution in [0.3, 0.4) is 0 Å². The van der Waals surface area contributed by atoms with Crippen molar-refractivity contribution in [2.24, 2.45) is 0 Å². The molecule has 1 heterocycles. The van der Waals surface area contributed by atoms with Crippen LogP contribution < -0.4 is 21.2 Å². The molecule has 0 unspecified atom stereocenters. The third-order valence-electron chi connectivity index (χ3n) is 3.86. The Hall–Kier alpha value is -2.83. The van der Waals surface area contributed by atoms with Crippen LogP contribution in [0.4, 0.5) is 5.69 Å². The molecule has 1 aromatic carbocycles. The minimum atomic E-state index is -5.07. The number of methoxy groups -OCH3 is 1. The van der Waals surface area contributed by atoms with Gasteiger partial charge < -0.3 is 24.7 Å². The van der Waals surface area contributed by atoms with Gasteiger partial charge in [-0.05, 0) is 12.1 Å². The number of carbonyl (C=O) groups is 1. The van der Waals surface area contributed by atoms with Crippen molar-refractivity contribution in [2.75, 3.05) is 19.4 Å². The summed E-state index contributed by atoms with van der Waals surface area (Å²) in [6, 6.07) is 4.72. The average molecular weight is 443 g/mol. The molecule has 0 fully saturated rings. The van der Waals surface area contributed by atoms with E-state index >= 15 is 0 Å². The highest BCUT2D eigenvalue weighted by molar-refractivity contribution is 7.89. The lowest BCUT2D eigenvalue weighted by Gasteiger charge is -2.15. The lowest BCUT2D eigenvalue weighted by atomic mass is 10.2. The molecule has 0 saturated carbocycles. The summed E-state index contributed by atoms with van der Waals surface area (Å²) in [5, 5.41) is -0.861. The van der Waals surface area contributed by atoms with Gasteiger partial charge in [0.25, 0.3) is 0 Å². The van der Waals surface area contributed by atoms with Gasteiger partial charge in [-0.15, -0.1) is 0 Å². The number of aromatic nitrogens is 1. The van der Waals surface area contributed by atoms with Crippen molar-refractivity contribution in [1.29, 1.82) is 0 Å². The van der Waals surface area contributed by atoms with E-state index in [9.17, 15) is 32.4 Å². The van der Waals surface area contributed by atoms with Gasteiger partial charge in [0.15, 0.2) is 11.3 Å². The Balaban J connectivity index is 2.33. The smallest absolute Gasteiger partial charge is 0.360 e. The predicted molar refractivity (Wildman–Crippen MR) is 100 cm³/mol. The molecule has 0 aromatic heterocycles. The maximum atomic E-state index is 12.6. The number of benzene rings is 2. The molecule has 0 atom stereocenters. The first-order chi connectivity index (χ1) is 13.5. The number of anilines is 1. The standard InChI is InChI=1S/C15H14N3O9PS/c1-26-11(20)6-17-29(24,25)10-4-2-3-8-13(10)18-14-9(27-8)5-7(19)12(16)15(14)28(21,22)23/h2-5,17H,6,16H2,1H3,(H2,21,22,23). The molecule has 1 aromatic rings. The minimum Gasteiger partial charge on any atom is -0.468 e. The number of nitrogens with two attached hydrogens (primary N) is 1. The minimum absolute atomic E-state index is 0.0840. The van der Waals surface area contributed by atoms with Gasteiger partial charge in [0.1, 0.15) is 28.0 Å². The monoisotopic (exact) mass is 443 g/mol. The first kappa shape index (κ1) is 20.9. The number of para-hydroxylation sites is 1. The van der Waals surface area contributed by atoms with Crippen molar-refractivity contribution in [3.8, 4) is 11.5 Å². The Labute approximate surface area is 162 Å². The molecule has 1 aliphatic carbocycles. The maximum absolute atomic E-state index is 12.6. The van der Waals surface area contributed by atoms with Crippen molar-refractivity contribution in [3.05, 3.63) is 34.5 Å². The normalized spacial score (nSPS) is 12.4. The summed E-state index contributed by atoms with van der Waals surface area (Å²) >= 11 is 0. The van der Waals surface area contributed by atoms with Crippen LogP contribution in [0.1, 0.15) is 0 Å².